The van der Waals surface area contributed by atoms with E-state index in [1.54, 1.807) is 0 Å². The SMILES string of the molecule is CN(CCN1CCCC1)C(=O)C1CCC2(CC1)OC(=O)c1c[n+](N(C)C)ccc12. The Kier molecular flexibility index (Phi) is 5.51. The lowest BCUT2D eigenvalue weighted by Crippen LogP contribution is -2.52. The summed E-state index contributed by atoms with van der Waals surface area (Å²) in [4.78, 5) is 29.8. The topological polar surface area (TPSA) is 57.0 Å². The molecule has 29 heavy (non-hydrogen) atoms. The van der Waals surface area contributed by atoms with E-state index in [1.165, 1.54) is 12.8 Å². The smallest absolute Gasteiger partial charge is 0.345 e. The predicted molar refractivity (Wildman–Crippen MR) is 109 cm³/mol. The molecule has 158 valence electrons. The maximum atomic E-state index is 12.9. The molecule has 0 aromatic carbocycles. The fourth-order valence-electron chi connectivity index (χ4n) is 5.00. The normalized spacial score (nSPS) is 26.4. The third-order valence-corrected chi connectivity index (χ3v) is 6.88. The molecule has 1 saturated heterocycles. The minimum absolute atomic E-state index is 0.0300. The molecule has 2 fully saturated rings. The second kappa shape index (κ2) is 7.94. The van der Waals surface area contributed by atoms with E-state index in [0.29, 0.717) is 18.4 Å². The van der Waals surface area contributed by atoms with Gasteiger partial charge in [0.25, 0.3) is 0 Å². The molecule has 1 amide bonds. The third-order valence-electron chi connectivity index (χ3n) is 6.88. The summed E-state index contributed by atoms with van der Waals surface area (Å²) in [5.41, 5.74) is 1.07. The van der Waals surface area contributed by atoms with Gasteiger partial charge in [0.15, 0.2) is 6.20 Å². The lowest BCUT2D eigenvalue weighted by molar-refractivity contribution is -0.687. The Morgan fingerprint density at radius 1 is 1.24 bits per heavy atom. The molecule has 1 saturated carbocycles. The van der Waals surface area contributed by atoms with Gasteiger partial charge in [0.1, 0.15) is 11.2 Å². The van der Waals surface area contributed by atoms with Crippen LogP contribution in [-0.4, -0.2) is 69.0 Å². The first kappa shape index (κ1) is 20.1. The summed E-state index contributed by atoms with van der Waals surface area (Å²) in [5, 5.41) is 1.91. The quantitative estimate of drug-likeness (QED) is 0.550. The standard InChI is InChI=1S/C22H33N4O3/c1-23(2)26-13-8-19-18(16-26)21(28)29-22(19)9-6-17(7-10-22)20(27)24(3)14-15-25-11-4-5-12-25/h8,13,16-17H,4-7,9-12,14-15H2,1-3H3/q+1. The summed E-state index contributed by atoms with van der Waals surface area (Å²) in [5.74, 6) is 0.0215. The predicted octanol–water partition coefficient (Wildman–Crippen LogP) is 1.28. The number of fused-ring (bicyclic) bond motifs is 2. The number of pyridine rings is 1. The van der Waals surface area contributed by atoms with Crippen LogP contribution in [0.2, 0.25) is 0 Å². The number of esters is 1. The Hall–Kier alpha value is -2.15. The Balaban J connectivity index is 1.38. The van der Waals surface area contributed by atoms with Crippen LogP contribution >= 0.6 is 0 Å². The van der Waals surface area contributed by atoms with Gasteiger partial charge in [-0.15, -0.1) is 0 Å². The molecule has 0 bridgehead atoms. The van der Waals surface area contributed by atoms with Crippen molar-refractivity contribution in [1.82, 2.24) is 9.80 Å². The molecule has 1 spiro atoms. The zero-order valence-electron chi connectivity index (χ0n) is 17.9. The average Bonchev–Trinajstić information content (AvgIpc) is 3.33. The summed E-state index contributed by atoms with van der Waals surface area (Å²) in [7, 11) is 5.78. The highest BCUT2D eigenvalue weighted by atomic mass is 16.6. The summed E-state index contributed by atoms with van der Waals surface area (Å²) in [6.07, 6.45) is 9.32. The molecule has 3 heterocycles. The molecule has 7 heteroatoms. The Morgan fingerprint density at radius 2 is 1.93 bits per heavy atom. The highest BCUT2D eigenvalue weighted by Crippen LogP contribution is 2.47. The zero-order chi connectivity index (χ0) is 20.6. The Labute approximate surface area is 173 Å². The van der Waals surface area contributed by atoms with Gasteiger partial charge >= 0.3 is 5.97 Å². The van der Waals surface area contributed by atoms with E-state index in [2.05, 4.69) is 4.90 Å². The highest BCUT2D eigenvalue weighted by Gasteiger charge is 2.50. The van der Waals surface area contributed by atoms with Gasteiger partial charge in [-0.2, -0.15) is 5.01 Å². The van der Waals surface area contributed by atoms with Crippen LogP contribution < -0.4 is 9.69 Å². The van der Waals surface area contributed by atoms with Gasteiger partial charge in [0, 0.05) is 37.7 Å². The van der Waals surface area contributed by atoms with E-state index < -0.39 is 5.60 Å². The third kappa shape index (κ3) is 3.84. The average molecular weight is 402 g/mol. The number of hydrogen-bond donors (Lipinski definition) is 0. The molecule has 1 aromatic heterocycles. The van der Waals surface area contributed by atoms with Crippen molar-refractivity contribution in [2.45, 2.75) is 44.1 Å². The minimum Gasteiger partial charge on any atom is -0.450 e. The summed E-state index contributed by atoms with van der Waals surface area (Å²) < 4.78 is 7.77. The van der Waals surface area contributed by atoms with Crippen LogP contribution in [0.3, 0.4) is 0 Å². The van der Waals surface area contributed by atoms with Crippen molar-refractivity contribution in [3.8, 4) is 0 Å². The lowest BCUT2D eigenvalue weighted by Gasteiger charge is -2.37. The molecule has 0 unspecified atom stereocenters. The van der Waals surface area contributed by atoms with Crippen molar-refractivity contribution in [3.63, 3.8) is 0 Å². The first-order valence-corrected chi connectivity index (χ1v) is 10.8. The number of hydrogen-bond acceptors (Lipinski definition) is 5. The first-order valence-electron chi connectivity index (χ1n) is 10.8. The molecular formula is C22H33N4O3+. The Bertz CT molecular complexity index is 780. The number of ether oxygens (including phenoxy) is 1. The largest absolute Gasteiger partial charge is 0.450 e. The molecule has 4 rings (SSSR count). The zero-order valence-corrected chi connectivity index (χ0v) is 17.9. The van der Waals surface area contributed by atoms with Crippen molar-refractivity contribution < 1.29 is 19.0 Å². The van der Waals surface area contributed by atoms with Crippen LogP contribution in [0.5, 0.6) is 0 Å². The van der Waals surface area contributed by atoms with Crippen LogP contribution in [0.1, 0.15) is 54.4 Å². The maximum Gasteiger partial charge on any atom is 0.345 e. The van der Waals surface area contributed by atoms with Crippen LogP contribution in [-0.2, 0) is 15.1 Å². The van der Waals surface area contributed by atoms with E-state index in [1.807, 2.05) is 54.2 Å². The van der Waals surface area contributed by atoms with Crippen LogP contribution in [0, 0.1) is 5.92 Å². The lowest BCUT2D eigenvalue weighted by atomic mass is 9.75. The molecule has 3 aliphatic rings. The first-order chi connectivity index (χ1) is 13.9. The van der Waals surface area contributed by atoms with Crippen molar-refractivity contribution >= 4 is 11.9 Å². The van der Waals surface area contributed by atoms with Gasteiger partial charge in [-0.3, -0.25) is 4.79 Å². The van der Waals surface area contributed by atoms with Crippen molar-refractivity contribution in [2.24, 2.45) is 5.92 Å². The highest BCUT2D eigenvalue weighted by molar-refractivity contribution is 5.94. The number of rotatable bonds is 5. The molecule has 0 atom stereocenters. The monoisotopic (exact) mass is 401 g/mol. The molecule has 7 nitrogen and oxygen atoms in total. The molecule has 0 N–H and O–H groups in total. The summed E-state index contributed by atoms with van der Waals surface area (Å²) >= 11 is 0. The molecular weight excluding hydrogens is 368 g/mol. The van der Waals surface area contributed by atoms with E-state index in [9.17, 15) is 9.59 Å². The van der Waals surface area contributed by atoms with Gasteiger partial charge in [0.2, 0.25) is 12.1 Å². The van der Waals surface area contributed by atoms with Gasteiger partial charge in [-0.25, -0.2) is 4.79 Å². The van der Waals surface area contributed by atoms with Gasteiger partial charge < -0.3 is 14.5 Å². The molecule has 1 aliphatic carbocycles. The van der Waals surface area contributed by atoms with Crippen LogP contribution in [0.15, 0.2) is 18.5 Å². The van der Waals surface area contributed by atoms with Crippen molar-refractivity contribution in [2.75, 3.05) is 52.3 Å². The number of aromatic nitrogens is 1. The minimum atomic E-state index is -0.553. The fourth-order valence-corrected chi connectivity index (χ4v) is 5.00. The number of likely N-dealkylation sites (tertiary alicyclic amines) is 1. The van der Waals surface area contributed by atoms with Crippen LogP contribution in [0.25, 0.3) is 0 Å². The van der Waals surface area contributed by atoms with Gasteiger partial charge in [0.05, 0.1) is 14.1 Å². The number of carbonyl (C=O) groups excluding carboxylic acids is 2. The van der Waals surface area contributed by atoms with E-state index in [0.717, 1.165) is 44.6 Å². The van der Waals surface area contributed by atoms with Crippen molar-refractivity contribution in [3.05, 3.63) is 29.6 Å². The second-order valence-corrected chi connectivity index (χ2v) is 8.97. The summed E-state index contributed by atoms with van der Waals surface area (Å²) in [6, 6.07) is 2.00. The molecule has 0 radical (unpaired) electrons. The second-order valence-electron chi connectivity index (χ2n) is 8.97. The molecule has 2 aliphatic heterocycles. The number of likely N-dealkylation sites (N-methyl/N-ethyl adjacent to an activating group) is 1. The number of nitrogens with zero attached hydrogens (tertiary/aromatic N) is 4. The van der Waals surface area contributed by atoms with Crippen molar-refractivity contribution in [1.29, 1.82) is 0 Å². The summed E-state index contributed by atoms with van der Waals surface area (Å²) in [6.45, 7) is 4.08. The number of amides is 1. The van der Waals surface area contributed by atoms with E-state index in [-0.39, 0.29) is 17.8 Å². The number of carbonyl (C=O) groups is 2. The Morgan fingerprint density at radius 3 is 2.59 bits per heavy atom. The fraction of sp³-hybridized carbons (Fsp3) is 0.682. The molecule has 1 aromatic rings. The van der Waals surface area contributed by atoms with E-state index >= 15 is 0 Å². The van der Waals surface area contributed by atoms with E-state index in [4.69, 9.17) is 4.74 Å². The van der Waals surface area contributed by atoms with Gasteiger partial charge in [-0.05, 0) is 51.6 Å². The van der Waals surface area contributed by atoms with Crippen LogP contribution in [0.4, 0.5) is 0 Å². The van der Waals surface area contributed by atoms with Gasteiger partial charge in [-0.1, -0.05) is 4.68 Å². The maximum absolute atomic E-state index is 12.9.